The molecule has 0 radical (unpaired) electrons. The van der Waals surface area contributed by atoms with Gasteiger partial charge in [0.25, 0.3) is 0 Å². The van der Waals surface area contributed by atoms with Crippen molar-refractivity contribution in [1.82, 2.24) is 14.5 Å². The van der Waals surface area contributed by atoms with Gasteiger partial charge in [-0.2, -0.15) is 0 Å². The fourth-order valence-electron chi connectivity index (χ4n) is 1.96. The Kier molecular flexibility index (Phi) is 2.53. The Bertz CT molecular complexity index is 688. The quantitative estimate of drug-likeness (QED) is 0.748. The van der Waals surface area contributed by atoms with Crippen LogP contribution < -0.4 is 5.73 Å². The number of benzene rings is 1. The van der Waals surface area contributed by atoms with Crippen LogP contribution in [-0.2, 0) is 6.54 Å². The topological polar surface area (TPSA) is 56.7 Å². The molecule has 0 unspecified atom stereocenters. The molecule has 0 saturated carbocycles. The van der Waals surface area contributed by atoms with Crippen LogP contribution in [-0.4, -0.2) is 14.5 Å². The first-order valence-corrected chi connectivity index (χ1v) is 5.58. The van der Waals surface area contributed by atoms with Crippen LogP contribution in [0.15, 0.2) is 42.6 Å². The van der Waals surface area contributed by atoms with E-state index in [1.54, 1.807) is 18.3 Å². The number of rotatable bonds is 2. The van der Waals surface area contributed by atoms with Crippen LogP contribution in [0.1, 0.15) is 5.82 Å². The zero-order chi connectivity index (χ0) is 12.5. The number of hydrogen-bond acceptors (Lipinski definition) is 3. The summed E-state index contributed by atoms with van der Waals surface area (Å²) in [4.78, 5) is 8.71. The highest BCUT2D eigenvalue weighted by molar-refractivity contribution is 5.73. The predicted octanol–water partition coefficient (Wildman–Crippen LogP) is 2.02. The van der Waals surface area contributed by atoms with Crippen LogP contribution >= 0.6 is 0 Å². The average molecular weight is 242 g/mol. The van der Waals surface area contributed by atoms with Gasteiger partial charge in [0.15, 0.2) is 5.65 Å². The van der Waals surface area contributed by atoms with Gasteiger partial charge in [0.2, 0.25) is 0 Å². The van der Waals surface area contributed by atoms with Crippen molar-refractivity contribution < 1.29 is 4.39 Å². The van der Waals surface area contributed by atoms with Crippen molar-refractivity contribution in [1.29, 1.82) is 0 Å². The van der Waals surface area contributed by atoms with E-state index in [0.717, 1.165) is 16.9 Å². The first kappa shape index (κ1) is 10.9. The predicted molar refractivity (Wildman–Crippen MR) is 66.7 cm³/mol. The van der Waals surface area contributed by atoms with Crippen molar-refractivity contribution in [2.24, 2.45) is 5.73 Å². The summed E-state index contributed by atoms with van der Waals surface area (Å²) in [5, 5.41) is 0. The zero-order valence-electron chi connectivity index (χ0n) is 9.55. The summed E-state index contributed by atoms with van der Waals surface area (Å²) < 4.78 is 14.8. The molecular weight excluding hydrogens is 231 g/mol. The van der Waals surface area contributed by atoms with Crippen LogP contribution in [0.3, 0.4) is 0 Å². The zero-order valence-corrected chi connectivity index (χ0v) is 9.55. The summed E-state index contributed by atoms with van der Waals surface area (Å²) in [7, 11) is 0. The fourth-order valence-corrected chi connectivity index (χ4v) is 1.96. The van der Waals surface area contributed by atoms with Gasteiger partial charge in [-0.15, -0.1) is 0 Å². The molecule has 0 atom stereocenters. The lowest BCUT2D eigenvalue weighted by Gasteiger charge is -2.06. The van der Waals surface area contributed by atoms with Gasteiger partial charge >= 0.3 is 0 Å². The van der Waals surface area contributed by atoms with Crippen molar-refractivity contribution in [3.05, 3.63) is 54.2 Å². The van der Waals surface area contributed by atoms with Crippen molar-refractivity contribution in [2.45, 2.75) is 6.54 Å². The highest BCUT2D eigenvalue weighted by atomic mass is 19.1. The third kappa shape index (κ3) is 1.65. The van der Waals surface area contributed by atoms with E-state index >= 15 is 0 Å². The van der Waals surface area contributed by atoms with E-state index in [1.165, 1.54) is 12.1 Å². The molecule has 1 aromatic carbocycles. The molecule has 0 aliphatic carbocycles. The van der Waals surface area contributed by atoms with Gasteiger partial charge in [-0.3, -0.25) is 4.57 Å². The molecule has 90 valence electrons. The lowest BCUT2D eigenvalue weighted by atomic mass is 10.3. The third-order valence-corrected chi connectivity index (χ3v) is 2.75. The molecule has 0 bridgehead atoms. The first-order chi connectivity index (χ1) is 8.79. The van der Waals surface area contributed by atoms with E-state index in [2.05, 4.69) is 9.97 Å². The van der Waals surface area contributed by atoms with Gasteiger partial charge in [0, 0.05) is 11.9 Å². The number of hydrogen-bond donors (Lipinski definition) is 1. The lowest BCUT2D eigenvalue weighted by Crippen LogP contribution is -2.07. The molecule has 0 fully saturated rings. The summed E-state index contributed by atoms with van der Waals surface area (Å²) in [6.07, 6.45) is 1.70. The van der Waals surface area contributed by atoms with Gasteiger partial charge in [-0.1, -0.05) is 0 Å². The Labute approximate surface area is 103 Å². The third-order valence-electron chi connectivity index (χ3n) is 2.75. The van der Waals surface area contributed by atoms with Gasteiger partial charge in [-0.25, -0.2) is 14.4 Å². The summed E-state index contributed by atoms with van der Waals surface area (Å²) >= 11 is 0. The smallest absolute Gasteiger partial charge is 0.164 e. The van der Waals surface area contributed by atoms with Gasteiger partial charge in [0.1, 0.15) is 17.2 Å². The summed E-state index contributed by atoms with van der Waals surface area (Å²) in [5.74, 6) is 0.431. The van der Waals surface area contributed by atoms with E-state index in [1.807, 2.05) is 16.7 Å². The van der Waals surface area contributed by atoms with Crippen LogP contribution in [0, 0.1) is 5.82 Å². The van der Waals surface area contributed by atoms with Gasteiger partial charge < -0.3 is 5.73 Å². The molecule has 2 heterocycles. The van der Waals surface area contributed by atoms with Gasteiger partial charge in [0.05, 0.1) is 6.54 Å². The van der Waals surface area contributed by atoms with E-state index < -0.39 is 0 Å². The molecular formula is C13H11FN4. The highest BCUT2D eigenvalue weighted by Crippen LogP contribution is 2.19. The molecule has 2 N–H and O–H groups in total. The minimum absolute atomic E-state index is 0.273. The van der Waals surface area contributed by atoms with Gasteiger partial charge in [-0.05, 0) is 36.4 Å². The van der Waals surface area contributed by atoms with Crippen molar-refractivity contribution in [2.75, 3.05) is 0 Å². The average Bonchev–Trinajstić information content (AvgIpc) is 2.78. The molecule has 4 nitrogen and oxygen atoms in total. The molecule has 0 aliphatic rings. The Morgan fingerprint density at radius 1 is 1.17 bits per heavy atom. The molecule has 3 rings (SSSR count). The second-order valence-corrected chi connectivity index (χ2v) is 3.89. The number of aromatic nitrogens is 3. The Morgan fingerprint density at radius 3 is 2.67 bits per heavy atom. The first-order valence-electron chi connectivity index (χ1n) is 5.58. The minimum atomic E-state index is -0.273. The summed E-state index contributed by atoms with van der Waals surface area (Å²) in [5.41, 5.74) is 8.01. The molecule has 0 saturated heterocycles. The second kappa shape index (κ2) is 4.19. The maximum Gasteiger partial charge on any atom is 0.164 e. The van der Waals surface area contributed by atoms with Crippen molar-refractivity contribution in [3.63, 3.8) is 0 Å². The van der Waals surface area contributed by atoms with Crippen LogP contribution in [0.5, 0.6) is 0 Å². The maximum absolute atomic E-state index is 13.0. The van der Waals surface area contributed by atoms with E-state index in [9.17, 15) is 4.39 Å². The van der Waals surface area contributed by atoms with Crippen molar-refractivity contribution >= 4 is 11.2 Å². The molecule has 0 aliphatic heterocycles. The van der Waals surface area contributed by atoms with E-state index in [-0.39, 0.29) is 5.82 Å². The largest absolute Gasteiger partial charge is 0.324 e. The monoisotopic (exact) mass is 242 g/mol. The Balaban J connectivity index is 2.29. The minimum Gasteiger partial charge on any atom is -0.324 e. The molecule has 2 aromatic heterocycles. The maximum atomic E-state index is 13.0. The van der Waals surface area contributed by atoms with Crippen LogP contribution in [0.25, 0.3) is 16.9 Å². The van der Waals surface area contributed by atoms with Crippen molar-refractivity contribution in [3.8, 4) is 5.69 Å². The van der Waals surface area contributed by atoms with E-state index in [0.29, 0.717) is 12.4 Å². The number of fused-ring (bicyclic) bond motifs is 1. The molecule has 5 heteroatoms. The number of nitrogens with two attached hydrogens (primary N) is 1. The lowest BCUT2D eigenvalue weighted by molar-refractivity contribution is 0.627. The number of imidazole rings is 1. The van der Waals surface area contributed by atoms with Crippen LogP contribution in [0.4, 0.5) is 4.39 Å². The summed E-state index contributed by atoms with van der Waals surface area (Å²) in [6, 6.07) is 9.88. The molecule has 0 spiro atoms. The fraction of sp³-hybridized carbons (Fsp3) is 0.0769. The number of halogens is 1. The number of nitrogens with zero attached hydrogens (tertiary/aromatic N) is 3. The Morgan fingerprint density at radius 2 is 1.94 bits per heavy atom. The van der Waals surface area contributed by atoms with Crippen LogP contribution in [0.2, 0.25) is 0 Å². The summed E-state index contributed by atoms with van der Waals surface area (Å²) in [6.45, 7) is 0.299. The van der Waals surface area contributed by atoms with E-state index in [4.69, 9.17) is 5.73 Å². The molecule has 18 heavy (non-hydrogen) atoms. The SMILES string of the molecule is NCc1nc2cccnc2n1-c1ccc(F)cc1. The highest BCUT2D eigenvalue weighted by Gasteiger charge is 2.11. The normalized spacial score (nSPS) is 11.0. The second-order valence-electron chi connectivity index (χ2n) is 3.89. The molecule has 0 amide bonds. The Hall–Kier alpha value is -2.27. The number of pyridine rings is 1. The molecule has 3 aromatic rings. The standard InChI is InChI=1S/C13H11FN4/c14-9-3-5-10(6-4-9)18-12(8-15)17-11-2-1-7-16-13(11)18/h1-7H,8,15H2.